The predicted octanol–water partition coefficient (Wildman–Crippen LogP) is 4.31. The van der Waals surface area contributed by atoms with Crippen LogP contribution in [-0.2, 0) is 0 Å². The zero-order chi connectivity index (χ0) is 15.6. The highest BCUT2D eigenvalue weighted by atomic mass is 32.1. The van der Waals surface area contributed by atoms with E-state index in [4.69, 9.17) is 9.47 Å². The third-order valence-corrected chi connectivity index (χ3v) is 4.71. The molecule has 23 heavy (non-hydrogen) atoms. The second-order valence-corrected chi connectivity index (χ2v) is 6.19. The first-order valence-corrected chi connectivity index (χ1v) is 8.37. The molecule has 0 unspecified atom stereocenters. The summed E-state index contributed by atoms with van der Waals surface area (Å²) in [4.78, 5) is 12.7. The molecule has 0 atom stereocenters. The molecule has 0 saturated carbocycles. The van der Waals surface area contributed by atoms with Crippen molar-refractivity contribution in [1.82, 2.24) is 0 Å². The van der Waals surface area contributed by atoms with Crippen LogP contribution in [0.1, 0.15) is 16.8 Å². The van der Waals surface area contributed by atoms with Gasteiger partial charge in [-0.15, -0.1) is 11.3 Å². The van der Waals surface area contributed by atoms with E-state index in [1.807, 2.05) is 41.8 Å². The molecule has 4 nitrogen and oxygen atoms in total. The number of nitrogens with one attached hydrogen (secondary N) is 1. The number of hydrogen-bond acceptors (Lipinski definition) is 4. The van der Waals surface area contributed by atoms with Crippen LogP contribution in [0, 0.1) is 0 Å². The molecule has 5 heteroatoms. The molecule has 1 N–H and O–H groups in total. The van der Waals surface area contributed by atoms with Crippen molar-refractivity contribution in [2.45, 2.75) is 6.42 Å². The Labute approximate surface area is 137 Å². The van der Waals surface area contributed by atoms with Crippen molar-refractivity contribution in [2.24, 2.45) is 0 Å². The number of anilines is 1. The number of benzene rings is 2. The lowest BCUT2D eigenvalue weighted by atomic mass is 10.1. The molecule has 0 fully saturated rings. The summed E-state index contributed by atoms with van der Waals surface area (Å²) in [5, 5.41) is 5.99. The molecular formula is C18H15NO3S. The van der Waals surface area contributed by atoms with Crippen molar-refractivity contribution >= 4 is 33.0 Å². The van der Waals surface area contributed by atoms with Crippen LogP contribution in [-0.4, -0.2) is 19.1 Å². The van der Waals surface area contributed by atoms with E-state index < -0.39 is 0 Å². The molecule has 1 amide bonds. The standard InChI is InChI=1S/C18H15NO3S/c20-18(19-14-11-23-16-8-2-1-5-12(14)16)13-6-3-7-15-17(13)22-10-4-9-21-15/h1-3,5-8,11H,4,9-10H2,(H,19,20). The summed E-state index contributed by atoms with van der Waals surface area (Å²) in [5.74, 6) is 0.975. The summed E-state index contributed by atoms with van der Waals surface area (Å²) >= 11 is 1.61. The van der Waals surface area contributed by atoms with Gasteiger partial charge in [0.2, 0.25) is 0 Å². The molecule has 2 aromatic carbocycles. The van der Waals surface area contributed by atoms with Gasteiger partial charge < -0.3 is 14.8 Å². The minimum absolute atomic E-state index is 0.184. The number of carbonyl (C=O) groups excluding carboxylic acids is 1. The molecule has 1 aliphatic heterocycles. The third-order valence-electron chi connectivity index (χ3n) is 3.75. The molecule has 0 spiro atoms. The fraction of sp³-hybridized carbons (Fsp3) is 0.167. The average Bonchev–Trinajstić information content (AvgIpc) is 2.82. The number of thiophene rings is 1. The minimum atomic E-state index is -0.184. The quantitative estimate of drug-likeness (QED) is 0.763. The van der Waals surface area contributed by atoms with Gasteiger partial charge in [0.05, 0.1) is 24.5 Å². The lowest BCUT2D eigenvalue weighted by Crippen LogP contribution is -2.13. The van der Waals surface area contributed by atoms with Gasteiger partial charge in [-0.2, -0.15) is 0 Å². The number of rotatable bonds is 2. The van der Waals surface area contributed by atoms with Crippen LogP contribution in [0.3, 0.4) is 0 Å². The Balaban J connectivity index is 1.67. The Morgan fingerprint density at radius 3 is 2.87 bits per heavy atom. The highest BCUT2D eigenvalue weighted by Gasteiger charge is 2.20. The topological polar surface area (TPSA) is 47.6 Å². The van der Waals surface area contributed by atoms with Crippen molar-refractivity contribution in [1.29, 1.82) is 0 Å². The molecule has 2 heterocycles. The Morgan fingerprint density at radius 2 is 1.91 bits per heavy atom. The molecule has 0 aliphatic carbocycles. The fourth-order valence-electron chi connectivity index (χ4n) is 2.64. The molecule has 0 bridgehead atoms. The first-order chi connectivity index (χ1) is 11.3. The van der Waals surface area contributed by atoms with Crippen LogP contribution in [0.4, 0.5) is 5.69 Å². The zero-order valence-corrected chi connectivity index (χ0v) is 13.2. The number of ether oxygens (including phenoxy) is 2. The van der Waals surface area contributed by atoms with Crippen LogP contribution >= 0.6 is 11.3 Å². The van der Waals surface area contributed by atoms with Crippen molar-refractivity contribution in [3.05, 3.63) is 53.4 Å². The van der Waals surface area contributed by atoms with E-state index in [1.54, 1.807) is 17.4 Å². The highest BCUT2D eigenvalue weighted by Crippen LogP contribution is 2.35. The molecular weight excluding hydrogens is 310 g/mol. The maximum atomic E-state index is 12.7. The lowest BCUT2D eigenvalue weighted by molar-refractivity contribution is 0.102. The largest absolute Gasteiger partial charge is 0.490 e. The van der Waals surface area contributed by atoms with Crippen LogP contribution in [0.2, 0.25) is 0 Å². The second-order valence-electron chi connectivity index (χ2n) is 5.28. The Morgan fingerprint density at radius 1 is 1.04 bits per heavy atom. The van der Waals surface area contributed by atoms with E-state index >= 15 is 0 Å². The van der Waals surface area contributed by atoms with E-state index in [9.17, 15) is 4.79 Å². The van der Waals surface area contributed by atoms with E-state index in [0.717, 1.165) is 22.2 Å². The van der Waals surface area contributed by atoms with E-state index in [-0.39, 0.29) is 5.91 Å². The second kappa shape index (κ2) is 5.93. The summed E-state index contributed by atoms with van der Waals surface area (Å²) in [5.41, 5.74) is 1.32. The normalized spacial score (nSPS) is 13.6. The van der Waals surface area contributed by atoms with Crippen LogP contribution < -0.4 is 14.8 Å². The number of carbonyl (C=O) groups is 1. The zero-order valence-electron chi connectivity index (χ0n) is 12.4. The summed E-state index contributed by atoms with van der Waals surface area (Å²) in [6, 6.07) is 13.4. The van der Waals surface area contributed by atoms with Gasteiger partial charge in [-0.05, 0) is 18.2 Å². The first-order valence-electron chi connectivity index (χ1n) is 7.49. The van der Waals surface area contributed by atoms with Crippen molar-refractivity contribution < 1.29 is 14.3 Å². The molecule has 4 rings (SSSR count). The average molecular weight is 325 g/mol. The van der Waals surface area contributed by atoms with E-state index in [2.05, 4.69) is 5.32 Å². The van der Waals surface area contributed by atoms with Crippen molar-refractivity contribution in [2.75, 3.05) is 18.5 Å². The van der Waals surface area contributed by atoms with Crippen LogP contribution in [0.25, 0.3) is 10.1 Å². The van der Waals surface area contributed by atoms with Crippen LogP contribution in [0.15, 0.2) is 47.8 Å². The smallest absolute Gasteiger partial charge is 0.259 e. The number of para-hydroxylation sites is 1. The molecule has 0 radical (unpaired) electrons. The summed E-state index contributed by atoms with van der Waals surface area (Å²) < 4.78 is 12.5. The highest BCUT2D eigenvalue weighted by molar-refractivity contribution is 7.17. The van der Waals surface area contributed by atoms with Gasteiger partial charge in [0.1, 0.15) is 0 Å². The van der Waals surface area contributed by atoms with Gasteiger partial charge in [0.25, 0.3) is 5.91 Å². The molecule has 116 valence electrons. The fourth-order valence-corrected chi connectivity index (χ4v) is 3.53. The third kappa shape index (κ3) is 2.64. The Hall–Kier alpha value is -2.53. The lowest BCUT2D eigenvalue weighted by Gasteiger charge is -2.12. The van der Waals surface area contributed by atoms with Crippen molar-refractivity contribution in [3.63, 3.8) is 0 Å². The van der Waals surface area contributed by atoms with Gasteiger partial charge in [-0.1, -0.05) is 24.3 Å². The summed E-state index contributed by atoms with van der Waals surface area (Å²) in [6.45, 7) is 1.16. The van der Waals surface area contributed by atoms with E-state index in [0.29, 0.717) is 30.3 Å². The first kappa shape index (κ1) is 14.1. The van der Waals surface area contributed by atoms with Gasteiger partial charge in [0.15, 0.2) is 11.5 Å². The maximum absolute atomic E-state index is 12.7. The summed E-state index contributed by atoms with van der Waals surface area (Å²) in [6.07, 6.45) is 0.810. The van der Waals surface area contributed by atoms with Gasteiger partial charge >= 0.3 is 0 Å². The number of hydrogen-bond donors (Lipinski definition) is 1. The van der Waals surface area contributed by atoms with Crippen LogP contribution in [0.5, 0.6) is 11.5 Å². The predicted molar refractivity (Wildman–Crippen MR) is 91.8 cm³/mol. The number of amides is 1. The summed E-state index contributed by atoms with van der Waals surface area (Å²) in [7, 11) is 0. The Bertz CT molecular complexity index is 872. The molecule has 3 aromatic rings. The van der Waals surface area contributed by atoms with Gasteiger partial charge in [0, 0.05) is 21.9 Å². The SMILES string of the molecule is O=C(Nc1csc2ccccc12)c1cccc2c1OCCCO2. The maximum Gasteiger partial charge on any atom is 0.259 e. The molecule has 0 saturated heterocycles. The molecule has 1 aromatic heterocycles. The Kier molecular flexibility index (Phi) is 3.63. The van der Waals surface area contributed by atoms with Gasteiger partial charge in [-0.3, -0.25) is 4.79 Å². The number of fused-ring (bicyclic) bond motifs is 2. The van der Waals surface area contributed by atoms with Crippen molar-refractivity contribution in [3.8, 4) is 11.5 Å². The minimum Gasteiger partial charge on any atom is -0.490 e. The molecule has 1 aliphatic rings. The van der Waals surface area contributed by atoms with Gasteiger partial charge in [-0.25, -0.2) is 0 Å². The van der Waals surface area contributed by atoms with E-state index in [1.165, 1.54) is 0 Å². The monoisotopic (exact) mass is 325 g/mol.